The number of hydrogen-bond donors (Lipinski definition) is 2. The Balaban J connectivity index is 1.30. The van der Waals surface area contributed by atoms with Crippen molar-refractivity contribution in [1.82, 2.24) is 29.5 Å². The average molecular weight is 543 g/mol. The standard InChI is InChI=1S/C22H28ClFN6O5S/c1-13-10-30(36(33,34)8-6-18(31)26-15-11-29(12-15)22(32)35-2)7-5-16(13)19-20(23)28-21(27-19)17-4-3-14(24)9-25-17/h3-4,9,13,15-16H,5-8,10-12H2,1-2H3,(H,26,31)(H,27,28)/t13-,16+/m0/s1. The van der Waals surface area contributed by atoms with Crippen LogP contribution >= 0.6 is 11.6 Å². The second-order valence-corrected chi connectivity index (χ2v) is 11.5. The number of sulfonamides is 1. The van der Waals surface area contributed by atoms with Crippen molar-refractivity contribution in [1.29, 1.82) is 0 Å². The van der Waals surface area contributed by atoms with E-state index in [1.165, 1.54) is 28.4 Å². The first kappa shape index (κ1) is 26.3. The lowest BCUT2D eigenvalue weighted by Crippen LogP contribution is -2.61. The molecular formula is C22H28ClFN6O5S. The van der Waals surface area contributed by atoms with Crippen LogP contribution in [-0.2, 0) is 19.6 Å². The van der Waals surface area contributed by atoms with Crippen LogP contribution in [0, 0.1) is 11.7 Å². The van der Waals surface area contributed by atoms with Gasteiger partial charge in [0.2, 0.25) is 15.9 Å². The molecule has 196 valence electrons. The van der Waals surface area contributed by atoms with Crippen LogP contribution in [0.25, 0.3) is 11.5 Å². The molecule has 14 heteroatoms. The smallest absolute Gasteiger partial charge is 0.409 e. The maximum atomic E-state index is 13.2. The first-order valence-corrected chi connectivity index (χ1v) is 13.5. The van der Waals surface area contributed by atoms with Gasteiger partial charge in [0.25, 0.3) is 0 Å². The Morgan fingerprint density at radius 1 is 1.31 bits per heavy atom. The van der Waals surface area contributed by atoms with Crippen molar-refractivity contribution in [2.45, 2.75) is 31.7 Å². The molecule has 0 bridgehead atoms. The van der Waals surface area contributed by atoms with Gasteiger partial charge in [-0.25, -0.2) is 31.9 Å². The SMILES string of the molecule is COC(=O)N1CC(NC(=O)CCS(=O)(=O)N2CC[C@@H](c3[nH]c(-c4ccc(F)cn4)nc3Cl)[C@@H](C)C2)C1. The molecule has 2 saturated heterocycles. The molecule has 4 heterocycles. The minimum Gasteiger partial charge on any atom is -0.453 e. The van der Waals surface area contributed by atoms with Crippen LogP contribution < -0.4 is 5.32 Å². The quantitative estimate of drug-likeness (QED) is 0.545. The number of H-pyrrole nitrogens is 1. The number of amides is 2. The number of pyridine rings is 1. The van der Waals surface area contributed by atoms with Crippen LogP contribution in [0.3, 0.4) is 0 Å². The summed E-state index contributed by atoms with van der Waals surface area (Å²) in [7, 11) is -2.35. The van der Waals surface area contributed by atoms with Gasteiger partial charge in [0, 0.05) is 38.5 Å². The van der Waals surface area contributed by atoms with Crippen molar-refractivity contribution in [2.75, 3.05) is 39.0 Å². The predicted octanol–water partition coefficient (Wildman–Crippen LogP) is 1.98. The number of aromatic nitrogens is 3. The van der Waals surface area contributed by atoms with E-state index in [9.17, 15) is 22.4 Å². The molecule has 0 unspecified atom stereocenters. The number of hydrogen-bond acceptors (Lipinski definition) is 7. The van der Waals surface area contributed by atoms with Crippen LogP contribution in [0.15, 0.2) is 18.3 Å². The Morgan fingerprint density at radius 2 is 2.06 bits per heavy atom. The van der Waals surface area contributed by atoms with Crippen LogP contribution in [0.4, 0.5) is 9.18 Å². The fraction of sp³-hybridized carbons (Fsp3) is 0.545. The van der Waals surface area contributed by atoms with Gasteiger partial charge in [-0.2, -0.15) is 0 Å². The lowest BCUT2D eigenvalue weighted by molar-refractivity contribution is -0.122. The monoisotopic (exact) mass is 542 g/mol. The summed E-state index contributed by atoms with van der Waals surface area (Å²) in [5.41, 5.74) is 1.15. The van der Waals surface area contributed by atoms with Gasteiger partial charge in [0.05, 0.1) is 30.8 Å². The molecule has 2 fully saturated rings. The van der Waals surface area contributed by atoms with Crippen LogP contribution in [0.5, 0.6) is 0 Å². The van der Waals surface area contributed by atoms with E-state index in [0.29, 0.717) is 36.7 Å². The summed E-state index contributed by atoms with van der Waals surface area (Å²) < 4.78 is 45.0. The molecule has 2 aliphatic rings. The number of carbonyl (C=O) groups is 2. The molecule has 2 amide bonds. The van der Waals surface area contributed by atoms with E-state index in [0.717, 1.165) is 6.20 Å². The van der Waals surface area contributed by atoms with E-state index in [1.807, 2.05) is 6.92 Å². The number of rotatable bonds is 7. The van der Waals surface area contributed by atoms with Gasteiger partial charge in [-0.3, -0.25) is 4.79 Å². The van der Waals surface area contributed by atoms with E-state index in [4.69, 9.17) is 11.6 Å². The lowest BCUT2D eigenvalue weighted by Gasteiger charge is -2.38. The maximum Gasteiger partial charge on any atom is 0.409 e. The number of piperidine rings is 1. The highest BCUT2D eigenvalue weighted by molar-refractivity contribution is 7.89. The second kappa shape index (κ2) is 10.7. The zero-order chi connectivity index (χ0) is 26.0. The summed E-state index contributed by atoms with van der Waals surface area (Å²) in [4.78, 5) is 36.5. The molecule has 2 aromatic rings. The Hall–Kier alpha value is -2.77. The summed E-state index contributed by atoms with van der Waals surface area (Å²) in [6.07, 6.45) is 1.00. The first-order valence-electron chi connectivity index (χ1n) is 11.5. The minimum atomic E-state index is -3.64. The van der Waals surface area contributed by atoms with Gasteiger partial charge >= 0.3 is 6.09 Å². The third-order valence-electron chi connectivity index (χ3n) is 6.55. The number of ether oxygens (including phenoxy) is 1. The number of methoxy groups -OCH3 is 1. The molecule has 0 saturated carbocycles. The summed E-state index contributed by atoms with van der Waals surface area (Å²) >= 11 is 6.38. The third kappa shape index (κ3) is 5.79. The van der Waals surface area contributed by atoms with Crippen LogP contribution in [0.1, 0.15) is 31.4 Å². The molecular weight excluding hydrogens is 515 g/mol. The molecule has 2 atom stereocenters. The van der Waals surface area contributed by atoms with Gasteiger partial charge < -0.3 is 19.9 Å². The van der Waals surface area contributed by atoms with Crippen molar-refractivity contribution < 1.29 is 27.1 Å². The van der Waals surface area contributed by atoms with E-state index in [2.05, 4.69) is 25.0 Å². The number of carbonyl (C=O) groups excluding carboxylic acids is 2. The molecule has 0 aromatic carbocycles. The molecule has 4 rings (SSSR count). The number of imidazole rings is 1. The lowest BCUT2D eigenvalue weighted by atomic mass is 9.86. The van der Waals surface area contributed by atoms with Gasteiger partial charge in [-0.15, -0.1) is 0 Å². The van der Waals surface area contributed by atoms with Gasteiger partial charge in [-0.05, 0) is 24.5 Å². The number of nitrogens with one attached hydrogen (secondary N) is 2. The second-order valence-electron chi connectivity index (χ2n) is 9.09. The number of aromatic amines is 1. The van der Waals surface area contributed by atoms with Crippen molar-refractivity contribution >= 4 is 33.6 Å². The van der Waals surface area contributed by atoms with Crippen molar-refractivity contribution in [2.24, 2.45) is 5.92 Å². The average Bonchev–Trinajstić information content (AvgIpc) is 3.21. The zero-order valence-corrected chi connectivity index (χ0v) is 21.5. The molecule has 0 aliphatic carbocycles. The molecule has 2 aromatic heterocycles. The Kier molecular flexibility index (Phi) is 7.81. The van der Waals surface area contributed by atoms with Crippen molar-refractivity contribution in [3.05, 3.63) is 35.0 Å². The topological polar surface area (TPSA) is 138 Å². The van der Waals surface area contributed by atoms with Crippen molar-refractivity contribution in [3.63, 3.8) is 0 Å². The molecule has 2 aliphatic heterocycles. The van der Waals surface area contributed by atoms with Crippen LogP contribution in [0.2, 0.25) is 5.15 Å². The van der Waals surface area contributed by atoms with Gasteiger partial charge in [0.15, 0.2) is 11.0 Å². The highest BCUT2D eigenvalue weighted by atomic mass is 35.5. The fourth-order valence-corrected chi connectivity index (χ4v) is 6.36. The molecule has 2 N–H and O–H groups in total. The van der Waals surface area contributed by atoms with Crippen LogP contribution in [-0.4, -0.2) is 89.7 Å². The first-order chi connectivity index (χ1) is 17.1. The minimum absolute atomic E-state index is 0.0506. The highest BCUT2D eigenvalue weighted by Crippen LogP contribution is 2.37. The molecule has 11 nitrogen and oxygen atoms in total. The summed E-state index contributed by atoms with van der Waals surface area (Å²) in [6, 6.07) is 2.58. The normalized spacial score (nSPS) is 21.2. The highest BCUT2D eigenvalue weighted by Gasteiger charge is 2.36. The van der Waals surface area contributed by atoms with Gasteiger partial charge in [-0.1, -0.05) is 18.5 Å². The van der Waals surface area contributed by atoms with Crippen molar-refractivity contribution in [3.8, 4) is 11.5 Å². The Morgan fingerprint density at radius 3 is 2.69 bits per heavy atom. The predicted molar refractivity (Wildman–Crippen MR) is 129 cm³/mol. The Labute approximate surface area is 213 Å². The van der Waals surface area contributed by atoms with E-state index < -0.39 is 21.9 Å². The third-order valence-corrected chi connectivity index (χ3v) is 8.68. The number of halogens is 2. The van der Waals surface area contributed by atoms with Gasteiger partial charge in [0.1, 0.15) is 11.5 Å². The summed E-state index contributed by atoms with van der Waals surface area (Å²) in [6.45, 7) is 3.19. The molecule has 0 radical (unpaired) electrons. The number of nitrogens with zero attached hydrogens (tertiary/aromatic N) is 4. The Bertz CT molecular complexity index is 1220. The van der Waals surface area contributed by atoms with E-state index in [-0.39, 0.29) is 54.2 Å². The summed E-state index contributed by atoms with van der Waals surface area (Å²) in [5.74, 6) is -0.815. The molecule has 36 heavy (non-hydrogen) atoms. The van der Waals surface area contributed by atoms with E-state index >= 15 is 0 Å². The maximum absolute atomic E-state index is 13.2. The summed E-state index contributed by atoms with van der Waals surface area (Å²) in [5, 5.41) is 3.02. The zero-order valence-electron chi connectivity index (χ0n) is 19.9. The number of likely N-dealkylation sites (tertiary alicyclic amines) is 1. The molecule has 0 spiro atoms. The largest absolute Gasteiger partial charge is 0.453 e. The van der Waals surface area contributed by atoms with E-state index in [1.54, 1.807) is 0 Å². The fourth-order valence-electron chi connectivity index (χ4n) is 4.54.